The van der Waals surface area contributed by atoms with Gasteiger partial charge in [0.1, 0.15) is 28.7 Å². The summed E-state index contributed by atoms with van der Waals surface area (Å²) in [5.41, 5.74) is 5.75. The van der Waals surface area contributed by atoms with Gasteiger partial charge in [0.05, 0.1) is 34.5 Å². The molecule has 5 aliphatic carbocycles. The highest BCUT2D eigenvalue weighted by atomic mass is 32.2. The van der Waals surface area contributed by atoms with Crippen LogP contribution in [0.2, 0.25) is 0 Å². The molecule has 0 amide bonds. The number of rotatable bonds is 36. The van der Waals surface area contributed by atoms with E-state index in [1.807, 2.05) is 32.9 Å². The summed E-state index contributed by atoms with van der Waals surface area (Å²) in [7, 11) is -20.3. The van der Waals surface area contributed by atoms with Crippen molar-refractivity contribution in [3.05, 3.63) is 331 Å². The number of aromatic hydroxyl groups is 1. The first-order valence-electron chi connectivity index (χ1n) is 52.0. The molecule has 12 atom stereocenters. The topological polar surface area (TPSA) is 241 Å². The molecule has 1 N–H and O–H groups in total. The van der Waals surface area contributed by atoms with Crippen LogP contribution in [0.25, 0.3) is 0 Å². The Hall–Kier alpha value is -10.1. The van der Waals surface area contributed by atoms with Gasteiger partial charge >= 0.3 is 37.8 Å². The molecule has 12 unspecified atom stereocenters. The molecule has 16 nitrogen and oxygen atoms in total. The summed E-state index contributed by atoms with van der Waals surface area (Å²) >= 11 is 0. The van der Waals surface area contributed by atoms with E-state index in [0.29, 0.717) is 47.5 Å². The summed E-state index contributed by atoms with van der Waals surface area (Å²) in [5, 5.41) is -9.75. The number of halogens is 8. The normalized spacial score (nSPS) is 18.6. The molecule has 16 rings (SSSR count). The first kappa shape index (κ1) is 121. The molecular formula is C120H146F8O16S5. The number of esters is 1. The molecule has 5 aliphatic rings. The van der Waals surface area contributed by atoms with Gasteiger partial charge in [0, 0.05) is 11.3 Å². The Labute approximate surface area is 884 Å². The largest absolute Gasteiger partial charge is 0.743 e. The van der Waals surface area contributed by atoms with Crippen LogP contribution in [0, 0.1) is 40.9 Å². The van der Waals surface area contributed by atoms with Crippen LogP contribution in [0.15, 0.2) is 333 Å². The van der Waals surface area contributed by atoms with E-state index in [0.717, 1.165) is 78.2 Å². The van der Waals surface area contributed by atoms with Crippen LogP contribution in [0.5, 0.6) is 28.7 Å². The van der Waals surface area contributed by atoms with Crippen LogP contribution in [0.1, 0.15) is 276 Å². The molecule has 149 heavy (non-hydrogen) atoms. The first-order chi connectivity index (χ1) is 70.8. The van der Waals surface area contributed by atoms with Crippen LogP contribution >= 0.6 is 0 Å². The number of phenols is 1. The first-order valence-corrected chi connectivity index (χ1v) is 58.7. The molecule has 0 saturated heterocycles. The second-order valence-corrected chi connectivity index (χ2v) is 48.4. The van der Waals surface area contributed by atoms with E-state index >= 15 is 0 Å². The second kappa shape index (κ2) is 56.5. The fourth-order valence-corrected chi connectivity index (χ4v) is 24.9. The summed E-state index contributed by atoms with van der Waals surface area (Å²) in [5.74, 6) is -1.64. The maximum atomic E-state index is 13.6. The van der Waals surface area contributed by atoms with Crippen molar-refractivity contribution in [1.82, 2.24) is 0 Å². The predicted molar refractivity (Wildman–Crippen MR) is 574 cm³/mol. The Bertz CT molecular complexity index is 5850. The van der Waals surface area contributed by atoms with Gasteiger partial charge in [-0.25, -0.2) is 21.6 Å². The van der Waals surface area contributed by atoms with Crippen molar-refractivity contribution in [1.29, 1.82) is 0 Å². The number of ether oxygens (including phenoxy) is 5. The van der Waals surface area contributed by atoms with E-state index in [2.05, 4.69) is 302 Å². The Morgan fingerprint density at radius 3 is 1.06 bits per heavy atom. The van der Waals surface area contributed by atoms with Crippen molar-refractivity contribution in [3.8, 4) is 28.7 Å². The van der Waals surface area contributed by atoms with E-state index in [9.17, 15) is 74.3 Å². The van der Waals surface area contributed by atoms with E-state index in [4.69, 9.17) is 24.1 Å². The molecule has 11 aromatic rings. The summed E-state index contributed by atoms with van der Waals surface area (Å²) in [4.78, 5) is 19.2. The molecule has 0 aliphatic heterocycles. The van der Waals surface area contributed by atoms with Gasteiger partial charge in [-0.15, -0.1) is 0 Å². The Kier molecular flexibility index (Phi) is 45.8. The number of fused-ring (bicyclic) bond motifs is 5. The SMILES string of the molecule is CCC(C)c1ccc(O)cc1.CCC(C)c1ccc(OC(=O)C(F)(F)S(=O)(=O)[O-])cc1.CCC(C)c1ccc(OC(OC2CC3CC2C2CCCC32)C(C)C)cc1.CCC(C)c1ccc(OC(OCC2CCCCC2)C2(C)CCCCC2)cc1.CCC(C)c1ccc(OS(=O)(=O)C(F)(F)C(F)(F)C(F)(F)S(=O)(=O)[O-])cc1.c1ccc([S+](c2ccccc2)c2ccccc2)cc1.c1ccc([S+](c2ccccc2)c2ccccc2)cc1. The van der Waals surface area contributed by atoms with Crippen molar-refractivity contribution >= 4 is 58.1 Å². The number of phenolic OH excluding ortho intramolecular Hbond substituents is 1. The smallest absolute Gasteiger partial charge is 0.450 e. The fraction of sp³-hybridized carbons (Fsp3) is 0.442. The number of alkyl halides is 8. The lowest BCUT2D eigenvalue weighted by molar-refractivity contribution is -0.247. The van der Waals surface area contributed by atoms with Gasteiger partial charge in [-0.2, -0.15) is 43.5 Å². The Morgan fingerprint density at radius 1 is 0.389 bits per heavy atom. The molecule has 0 radical (unpaired) electrons. The minimum Gasteiger partial charge on any atom is -0.743 e. The molecule has 11 aromatic carbocycles. The summed E-state index contributed by atoms with van der Waals surface area (Å²) < 4.78 is 224. The van der Waals surface area contributed by atoms with E-state index in [1.165, 1.54) is 179 Å². The molecule has 2 bridgehead atoms. The molecule has 0 heterocycles. The van der Waals surface area contributed by atoms with Crippen molar-refractivity contribution in [2.75, 3.05) is 6.61 Å². The average molecular weight is 2160 g/mol. The number of carbonyl (C=O) groups is 1. The quantitative estimate of drug-likeness (QED) is 0.00730. The Balaban J connectivity index is 0.000000180. The molecule has 0 aromatic heterocycles. The lowest BCUT2D eigenvalue weighted by atomic mass is 9.75. The maximum absolute atomic E-state index is 13.6. The van der Waals surface area contributed by atoms with Crippen LogP contribution in [-0.2, 0) is 66.4 Å². The van der Waals surface area contributed by atoms with Gasteiger partial charge < -0.3 is 42.1 Å². The Morgan fingerprint density at radius 2 is 0.718 bits per heavy atom. The average Bonchev–Trinajstić information content (AvgIpc) is 1.56. The third-order valence-corrected chi connectivity index (χ3v) is 36.4. The predicted octanol–water partition coefficient (Wildman–Crippen LogP) is 31.9. The zero-order chi connectivity index (χ0) is 108. The van der Waals surface area contributed by atoms with Gasteiger partial charge in [0.25, 0.3) is 0 Å². The van der Waals surface area contributed by atoms with Crippen LogP contribution in [-0.4, -0.2) is 92.4 Å². The standard InChI is InChI=1S/C25H40O2.C24H36O2.2C18H15S.C13H14F6O6S2.C12H14F2O5S.C10H14O/c1-4-20(2)22-13-15-23(16-14-22)27-24(25(3)17-9-6-10-18-25)26-19-21-11-7-5-8-12-21;1-5-16(4)17-9-11-19(12-10-17)25-24(15(2)3)26-23-14-18-13-22(23)21-8-6-7-20(18)21;2*1-4-10-16(11-5-1)19(17-12-6-2-7-13-17)18-14-8-3-9-15-18;1-3-8(2)9-4-6-10(7-5-9)25-27(23,24)13(18,19)11(14,15)12(16,17)26(20,21)22;1-3-8(2)9-4-6-10(7-5-9)19-11(15)12(13,14)20(16,17)18;1-3-8(2)9-4-6-10(11)7-5-9/h13-16,20-21,24H,4-12,17-19H2,1-3H3;9-12,15-16,18,20-24H,5-8,13-14H2,1-4H3;2*1-15H;4-8H,3H2,1-2H3,(H,20,21,22);4-8H,3H2,1-2H3,(H,16,17,18);4-8,11H,3H2,1-2H3/q;;2*+1;;;/p-2. The van der Waals surface area contributed by atoms with Crippen molar-refractivity contribution < 1.29 is 107 Å². The molecule has 5 fully saturated rings. The van der Waals surface area contributed by atoms with Gasteiger partial charge in [-0.05, 0) is 304 Å². The van der Waals surface area contributed by atoms with Crippen LogP contribution < -0.4 is 18.4 Å². The van der Waals surface area contributed by atoms with Gasteiger partial charge in [-0.3, -0.25) is 0 Å². The number of carbonyl (C=O) groups excluding carboxylic acids is 1. The van der Waals surface area contributed by atoms with Gasteiger partial charge in [0.15, 0.2) is 49.6 Å². The molecule has 808 valence electrons. The summed E-state index contributed by atoms with van der Waals surface area (Å²) in [6, 6.07) is 98.9. The van der Waals surface area contributed by atoms with Crippen LogP contribution in [0.3, 0.4) is 0 Å². The zero-order valence-electron chi connectivity index (χ0n) is 87.4. The van der Waals surface area contributed by atoms with Crippen molar-refractivity contribution in [2.45, 2.75) is 318 Å². The maximum Gasteiger partial charge on any atom is 0.450 e. The van der Waals surface area contributed by atoms with E-state index in [1.54, 1.807) is 31.2 Å². The summed E-state index contributed by atoms with van der Waals surface area (Å²) in [6.45, 7) is 28.6. The second-order valence-electron chi connectivity index (χ2n) is 39.9. The highest BCUT2D eigenvalue weighted by molar-refractivity contribution is 7.97. The molecule has 5 saturated carbocycles. The minimum absolute atomic E-state index is 0.0146. The van der Waals surface area contributed by atoms with E-state index < -0.39 is 63.8 Å². The number of hydrogen-bond acceptors (Lipinski definition) is 16. The third-order valence-electron chi connectivity index (χ3n) is 29.0. The highest BCUT2D eigenvalue weighted by Gasteiger charge is 2.81. The van der Waals surface area contributed by atoms with E-state index in [-0.39, 0.29) is 57.4 Å². The fourth-order valence-electron chi connectivity index (χ4n) is 19.0. The van der Waals surface area contributed by atoms with Gasteiger partial charge in [-0.1, -0.05) is 305 Å². The number of benzene rings is 11. The van der Waals surface area contributed by atoms with Crippen LogP contribution in [0.4, 0.5) is 35.1 Å². The highest BCUT2D eigenvalue weighted by Crippen LogP contribution is 2.60. The molecule has 0 spiro atoms. The monoisotopic (exact) mass is 2150 g/mol. The third kappa shape index (κ3) is 33.2. The zero-order valence-corrected chi connectivity index (χ0v) is 91.5. The van der Waals surface area contributed by atoms with Crippen molar-refractivity contribution in [2.24, 2.45) is 40.9 Å². The lowest BCUT2D eigenvalue weighted by Gasteiger charge is -2.40. The minimum atomic E-state index is -7.33. The number of hydrogen-bond donors (Lipinski definition) is 1. The summed E-state index contributed by atoms with van der Waals surface area (Å²) in [6.07, 6.45) is 25.4. The molecule has 29 heteroatoms. The molecular weight excluding hydrogens is 2010 g/mol. The lowest BCUT2D eigenvalue weighted by Crippen LogP contribution is -2.61. The van der Waals surface area contributed by atoms with Gasteiger partial charge in [0.2, 0.25) is 12.6 Å². The van der Waals surface area contributed by atoms with Crippen molar-refractivity contribution in [3.63, 3.8) is 0 Å².